The molecule has 0 aliphatic rings. The number of ether oxygens (including phenoxy) is 1. The Labute approximate surface area is 153 Å². The number of nitrogens with one attached hydrogen (secondary N) is 1. The van der Waals surface area contributed by atoms with E-state index in [2.05, 4.69) is 20.4 Å². The van der Waals surface area contributed by atoms with Gasteiger partial charge in [0, 0.05) is 21.1 Å². The molecular weight excluding hydrogens is 407 g/mol. The highest BCUT2D eigenvalue weighted by molar-refractivity contribution is 14.0. The van der Waals surface area contributed by atoms with E-state index in [4.69, 9.17) is 4.74 Å². The van der Waals surface area contributed by atoms with E-state index in [0.717, 1.165) is 24.1 Å². The summed E-state index contributed by atoms with van der Waals surface area (Å²) < 4.78 is 7.42. The number of nitrogens with zero attached hydrogens (tertiary/aromatic N) is 5. The zero-order valence-electron chi connectivity index (χ0n) is 13.6. The lowest BCUT2D eigenvalue weighted by Gasteiger charge is -2.22. The molecule has 2 rings (SSSR count). The van der Waals surface area contributed by atoms with E-state index in [1.165, 1.54) is 6.33 Å². The second-order valence-corrected chi connectivity index (χ2v) is 4.78. The molecule has 0 bridgehead atoms. The van der Waals surface area contributed by atoms with Crippen LogP contribution in [0.4, 0.5) is 0 Å². The normalized spacial score (nSPS) is 10.8. The number of hydrogen-bond donors (Lipinski definition) is 1. The monoisotopic (exact) mass is 430 g/mol. The first kappa shape index (κ1) is 19.2. The highest BCUT2D eigenvalue weighted by Crippen LogP contribution is 2.07. The fourth-order valence-corrected chi connectivity index (χ4v) is 1.95. The van der Waals surface area contributed by atoms with E-state index in [9.17, 15) is 0 Å². The summed E-state index contributed by atoms with van der Waals surface area (Å²) in [5.74, 6) is 2.52. The van der Waals surface area contributed by atoms with Crippen molar-refractivity contribution in [2.75, 3.05) is 27.2 Å². The van der Waals surface area contributed by atoms with Gasteiger partial charge >= 0.3 is 0 Å². The molecule has 0 amide bonds. The Morgan fingerprint density at radius 1 is 1.35 bits per heavy atom. The van der Waals surface area contributed by atoms with Crippen LogP contribution in [0, 0.1) is 0 Å². The minimum atomic E-state index is 0. The summed E-state index contributed by atoms with van der Waals surface area (Å²) in [6.45, 7) is 1.89. The van der Waals surface area contributed by atoms with Gasteiger partial charge in [-0.25, -0.2) is 4.98 Å². The molecule has 1 heterocycles. The number of likely N-dealkylation sites (N-methyl/N-ethyl adjacent to an activating group) is 1. The van der Waals surface area contributed by atoms with Crippen molar-refractivity contribution in [2.24, 2.45) is 12.0 Å². The first-order valence-corrected chi connectivity index (χ1v) is 7.13. The van der Waals surface area contributed by atoms with Crippen molar-refractivity contribution in [1.82, 2.24) is 25.0 Å². The molecule has 1 aromatic carbocycles. The summed E-state index contributed by atoms with van der Waals surface area (Å²) in [7, 11) is 5.60. The van der Waals surface area contributed by atoms with Crippen LogP contribution in [-0.4, -0.2) is 52.9 Å². The Hall–Kier alpha value is -1.84. The molecule has 7 nitrogen and oxygen atoms in total. The number of halogens is 1. The molecule has 0 aliphatic heterocycles. The van der Waals surface area contributed by atoms with Gasteiger partial charge in [-0.05, 0) is 12.1 Å². The number of guanidine groups is 1. The third-order valence-electron chi connectivity index (χ3n) is 3.22. The molecule has 1 aromatic heterocycles. The van der Waals surface area contributed by atoms with Crippen LogP contribution in [0.5, 0.6) is 5.75 Å². The van der Waals surface area contributed by atoms with E-state index in [-0.39, 0.29) is 24.0 Å². The molecule has 8 heteroatoms. The number of rotatable bonds is 6. The van der Waals surface area contributed by atoms with Crippen molar-refractivity contribution >= 4 is 29.9 Å². The molecule has 0 fully saturated rings. The fourth-order valence-electron chi connectivity index (χ4n) is 1.95. The van der Waals surface area contributed by atoms with E-state index in [1.54, 1.807) is 11.7 Å². The van der Waals surface area contributed by atoms with Gasteiger partial charge in [-0.3, -0.25) is 9.67 Å². The summed E-state index contributed by atoms with van der Waals surface area (Å²) in [5, 5.41) is 7.30. The number of para-hydroxylation sites is 1. The Bertz CT molecular complexity index is 601. The van der Waals surface area contributed by atoms with Crippen LogP contribution in [0.1, 0.15) is 5.82 Å². The van der Waals surface area contributed by atoms with Crippen molar-refractivity contribution < 1.29 is 4.74 Å². The first-order valence-electron chi connectivity index (χ1n) is 7.13. The lowest BCUT2D eigenvalue weighted by atomic mass is 10.3. The maximum absolute atomic E-state index is 5.69. The molecule has 0 spiro atoms. The molecule has 0 saturated carbocycles. The van der Waals surface area contributed by atoms with Crippen LogP contribution >= 0.6 is 24.0 Å². The largest absolute Gasteiger partial charge is 0.492 e. The molecule has 126 valence electrons. The molecule has 2 aromatic rings. The van der Waals surface area contributed by atoms with Crippen molar-refractivity contribution in [3.63, 3.8) is 0 Å². The van der Waals surface area contributed by atoms with E-state index >= 15 is 0 Å². The molecule has 0 aliphatic carbocycles. The van der Waals surface area contributed by atoms with Gasteiger partial charge in [-0.1, -0.05) is 18.2 Å². The van der Waals surface area contributed by atoms with Gasteiger partial charge in [0.25, 0.3) is 0 Å². The Kier molecular flexibility index (Phi) is 8.38. The number of aromatic nitrogens is 3. The Morgan fingerprint density at radius 2 is 2.09 bits per heavy atom. The minimum absolute atomic E-state index is 0. The lowest BCUT2D eigenvalue weighted by molar-refractivity contribution is 0.281. The van der Waals surface area contributed by atoms with Crippen molar-refractivity contribution in [3.8, 4) is 5.75 Å². The predicted molar refractivity (Wildman–Crippen MR) is 101 cm³/mol. The zero-order chi connectivity index (χ0) is 15.8. The highest BCUT2D eigenvalue weighted by Gasteiger charge is 2.07. The summed E-state index contributed by atoms with van der Waals surface area (Å²) >= 11 is 0. The topological polar surface area (TPSA) is 67.6 Å². The van der Waals surface area contributed by atoms with E-state index in [0.29, 0.717) is 13.2 Å². The third-order valence-corrected chi connectivity index (χ3v) is 3.22. The number of aryl methyl sites for hydroxylation is 1. The lowest BCUT2D eigenvalue weighted by Crippen LogP contribution is -2.40. The fraction of sp³-hybridized carbons (Fsp3) is 0.400. The predicted octanol–water partition coefficient (Wildman–Crippen LogP) is 1.52. The molecular formula is C15H23IN6O. The van der Waals surface area contributed by atoms with Gasteiger partial charge in [0.1, 0.15) is 24.5 Å². The first-order chi connectivity index (χ1) is 10.7. The number of hydrogen-bond acceptors (Lipinski definition) is 4. The van der Waals surface area contributed by atoms with Crippen LogP contribution in [0.25, 0.3) is 0 Å². The van der Waals surface area contributed by atoms with Gasteiger partial charge in [0.15, 0.2) is 5.96 Å². The molecule has 1 N–H and O–H groups in total. The average molecular weight is 430 g/mol. The summed E-state index contributed by atoms with van der Waals surface area (Å²) in [6, 6.07) is 9.78. The molecule has 23 heavy (non-hydrogen) atoms. The van der Waals surface area contributed by atoms with Gasteiger partial charge < -0.3 is 15.0 Å². The smallest absolute Gasteiger partial charge is 0.193 e. The number of benzene rings is 1. The average Bonchev–Trinajstić information content (AvgIpc) is 2.94. The standard InChI is InChI=1S/C15H22N6O.HI/c1-16-15(17-11-14-18-12-19-21(14)3)20(2)9-10-22-13-7-5-4-6-8-13;/h4-8,12H,9-11H2,1-3H3,(H,16,17);1H. The Morgan fingerprint density at radius 3 is 2.70 bits per heavy atom. The molecule has 0 unspecified atom stereocenters. The summed E-state index contributed by atoms with van der Waals surface area (Å²) in [4.78, 5) is 10.4. The van der Waals surface area contributed by atoms with E-state index in [1.807, 2.05) is 49.3 Å². The maximum Gasteiger partial charge on any atom is 0.193 e. The van der Waals surface area contributed by atoms with Gasteiger partial charge in [-0.2, -0.15) is 5.10 Å². The second-order valence-electron chi connectivity index (χ2n) is 4.78. The molecule has 0 saturated heterocycles. The zero-order valence-corrected chi connectivity index (χ0v) is 16.0. The van der Waals surface area contributed by atoms with E-state index < -0.39 is 0 Å². The van der Waals surface area contributed by atoms with Crippen LogP contribution in [0.3, 0.4) is 0 Å². The van der Waals surface area contributed by atoms with Crippen LogP contribution in [-0.2, 0) is 13.6 Å². The van der Waals surface area contributed by atoms with Crippen LogP contribution in [0.2, 0.25) is 0 Å². The highest BCUT2D eigenvalue weighted by atomic mass is 127. The van der Waals surface area contributed by atoms with Gasteiger partial charge in [0.2, 0.25) is 0 Å². The van der Waals surface area contributed by atoms with Crippen molar-refractivity contribution in [2.45, 2.75) is 6.54 Å². The third kappa shape index (κ3) is 6.05. The quantitative estimate of drug-likeness (QED) is 0.428. The Balaban J connectivity index is 0.00000264. The van der Waals surface area contributed by atoms with Gasteiger partial charge in [-0.15, -0.1) is 24.0 Å². The SMILES string of the molecule is CN=C(NCc1ncnn1C)N(C)CCOc1ccccc1.I. The number of aliphatic imine (C=N–C) groups is 1. The van der Waals surface area contributed by atoms with Gasteiger partial charge in [0.05, 0.1) is 13.1 Å². The van der Waals surface area contributed by atoms with Crippen molar-refractivity contribution in [1.29, 1.82) is 0 Å². The molecule has 0 radical (unpaired) electrons. The maximum atomic E-state index is 5.69. The van der Waals surface area contributed by atoms with Crippen molar-refractivity contribution in [3.05, 3.63) is 42.5 Å². The van der Waals surface area contributed by atoms with Crippen LogP contribution in [0.15, 0.2) is 41.7 Å². The minimum Gasteiger partial charge on any atom is -0.492 e. The molecule has 0 atom stereocenters. The van der Waals surface area contributed by atoms with Crippen LogP contribution < -0.4 is 10.1 Å². The summed E-state index contributed by atoms with van der Waals surface area (Å²) in [5.41, 5.74) is 0. The summed E-state index contributed by atoms with van der Waals surface area (Å²) in [6.07, 6.45) is 1.54. The second kappa shape index (κ2) is 10.0.